The van der Waals surface area contributed by atoms with Gasteiger partial charge in [-0.05, 0) is 35.9 Å². The summed E-state index contributed by atoms with van der Waals surface area (Å²) in [7, 11) is -3.93. The van der Waals surface area contributed by atoms with Crippen LogP contribution in [-0.2, 0) is 28.9 Å². The van der Waals surface area contributed by atoms with E-state index in [0.29, 0.717) is 17.7 Å². The summed E-state index contributed by atoms with van der Waals surface area (Å²) in [5.74, 6) is -1.16. The molecule has 2 rings (SSSR count). The number of amides is 1. The zero-order valence-corrected chi connectivity index (χ0v) is 14.5. The average Bonchev–Trinajstić information content (AvgIpc) is 2.57. The first-order chi connectivity index (χ1) is 12.7. The van der Waals surface area contributed by atoms with E-state index in [9.17, 15) is 39.6 Å². The van der Waals surface area contributed by atoms with Gasteiger partial charge in [0.2, 0.25) is 10.0 Å². The van der Waals surface area contributed by atoms with E-state index in [0.717, 1.165) is 12.1 Å². The van der Waals surface area contributed by atoms with Gasteiger partial charge in [0, 0.05) is 12.1 Å². The van der Waals surface area contributed by atoms with Gasteiger partial charge in [0.05, 0.1) is 16.0 Å². The number of halogens is 6. The number of hydrogen-bond donors (Lipinski definition) is 2. The molecule has 152 valence electrons. The molecule has 0 heterocycles. The van der Waals surface area contributed by atoms with Crippen LogP contribution in [0, 0.1) is 0 Å². The number of hydrogen-bond acceptors (Lipinski definition) is 3. The lowest BCUT2D eigenvalue weighted by Crippen LogP contribution is -2.24. The molecule has 0 radical (unpaired) electrons. The van der Waals surface area contributed by atoms with Crippen molar-refractivity contribution in [3.63, 3.8) is 0 Å². The number of carbonyl (C=O) groups excluding carboxylic acids is 1. The lowest BCUT2D eigenvalue weighted by Gasteiger charge is -2.14. The molecule has 0 aromatic heterocycles. The zero-order chi connectivity index (χ0) is 21.3. The number of nitrogens with two attached hydrogens (primary N) is 1. The molecule has 1 amide bonds. The highest BCUT2D eigenvalue weighted by molar-refractivity contribution is 7.89. The summed E-state index contributed by atoms with van der Waals surface area (Å²) in [6.45, 7) is -0.263. The molecule has 5 nitrogen and oxygen atoms in total. The summed E-state index contributed by atoms with van der Waals surface area (Å²) in [6.07, 6.45) is -10.1. The monoisotopic (exact) mass is 426 g/mol. The van der Waals surface area contributed by atoms with E-state index >= 15 is 0 Å². The average molecular weight is 426 g/mol. The normalized spacial score (nSPS) is 12.7. The topological polar surface area (TPSA) is 89.3 Å². The Bertz CT molecular complexity index is 951. The van der Waals surface area contributed by atoms with Crippen molar-refractivity contribution in [1.29, 1.82) is 0 Å². The maximum absolute atomic E-state index is 12.8. The molecule has 3 N–H and O–H groups in total. The number of nitrogens with one attached hydrogen (secondary N) is 1. The van der Waals surface area contributed by atoms with Gasteiger partial charge in [0.1, 0.15) is 0 Å². The maximum Gasteiger partial charge on any atom is 0.416 e. The molecule has 0 atom stereocenters. The second-order valence-corrected chi connectivity index (χ2v) is 7.23. The van der Waals surface area contributed by atoms with Crippen molar-refractivity contribution < 1.29 is 39.6 Å². The number of primary sulfonamides is 1. The molecule has 0 aliphatic carbocycles. The fraction of sp³-hybridized carbons (Fsp3) is 0.188. The molecular weight excluding hydrogens is 414 g/mol. The summed E-state index contributed by atoms with van der Waals surface area (Å²) in [5, 5.41) is 7.10. The maximum atomic E-state index is 12.8. The Morgan fingerprint density at radius 3 is 1.75 bits per heavy atom. The summed E-state index contributed by atoms with van der Waals surface area (Å²) >= 11 is 0. The highest BCUT2D eigenvalue weighted by Gasteiger charge is 2.37. The van der Waals surface area contributed by atoms with E-state index in [2.05, 4.69) is 5.32 Å². The van der Waals surface area contributed by atoms with Gasteiger partial charge >= 0.3 is 12.4 Å². The Hall–Kier alpha value is -2.60. The van der Waals surface area contributed by atoms with Crippen molar-refractivity contribution in [3.8, 4) is 0 Å². The molecule has 2 aromatic rings. The Labute approximate surface area is 155 Å². The highest BCUT2D eigenvalue weighted by Crippen LogP contribution is 2.36. The zero-order valence-electron chi connectivity index (χ0n) is 13.7. The van der Waals surface area contributed by atoms with Crippen LogP contribution in [0.5, 0.6) is 0 Å². The predicted molar refractivity (Wildman–Crippen MR) is 85.4 cm³/mol. The van der Waals surface area contributed by atoms with Gasteiger partial charge in [0.15, 0.2) is 0 Å². The molecule has 28 heavy (non-hydrogen) atoms. The lowest BCUT2D eigenvalue weighted by atomic mass is 10.0. The van der Waals surface area contributed by atoms with Crippen LogP contribution in [0.15, 0.2) is 47.4 Å². The molecule has 0 fully saturated rings. The van der Waals surface area contributed by atoms with Gasteiger partial charge in [-0.15, -0.1) is 0 Å². The van der Waals surface area contributed by atoms with Gasteiger partial charge in [0.25, 0.3) is 5.91 Å². The molecule has 0 saturated carbocycles. The van der Waals surface area contributed by atoms with Gasteiger partial charge < -0.3 is 5.32 Å². The molecule has 0 spiro atoms. The van der Waals surface area contributed by atoms with Crippen molar-refractivity contribution >= 4 is 15.9 Å². The second kappa shape index (κ2) is 7.43. The van der Waals surface area contributed by atoms with Crippen molar-refractivity contribution in [3.05, 3.63) is 64.7 Å². The SMILES string of the molecule is NS(=O)(=O)c1ccc(CNC(=O)c2cc(C(F)(F)F)cc(C(F)(F)F)c2)cc1. The number of benzene rings is 2. The van der Waals surface area contributed by atoms with E-state index in [1.54, 1.807) is 0 Å². The minimum Gasteiger partial charge on any atom is -0.348 e. The van der Waals surface area contributed by atoms with Crippen molar-refractivity contribution in [1.82, 2.24) is 5.32 Å². The van der Waals surface area contributed by atoms with Crippen LogP contribution in [0.25, 0.3) is 0 Å². The van der Waals surface area contributed by atoms with Crippen LogP contribution in [0.1, 0.15) is 27.0 Å². The summed E-state index contributed by atoms with van der Waals surface area (Å²) < 4.78 is 99.2. The third kappa shape index (κ3) is 5.45. The van der Waals surface area contributed by atoms with Crippen molar-refractivity contribution in [2.45, 2.75) is 23.8 Å². The highest BCUT2D eigenvalue weighted by atomic mass is 32.2. The van der Waals surface area contributed by atoms with Crippen LogP contribution in [0.2, 0.25) is 0 Å². The standard InChI is InChI=1S/C16H12F6N2O3S/c17-15(18,19)11-5-10(6-12(7-11)16(20,21)22)14(25)24-8-9-1-3-13(4-2-9)28(23,26)27/h1-7H,8H2,(H,24,25)(H2,23,26,27). The summed E-state index contributed by atoms with van der Waals surface area (Å²) in [5.41, 5.74) is -3.68. The molecule has 12 heteroatoms. The van der Waals surface area contributed by atoms with E-state index < -0.39 is 45.0 Å². The number of alkyl halides is 6. The number of rotatable bonds is 4. The van der Waals surface area contributed by atoms with Gasteiger partial charge in [-0.2, -0.15) is 26.3 Å². The first kappa shape index (κ1) is 21.7. The summed E-state index contributed by atoms with van der Waals surface area (Å²) in [6, 6.07) is 5.40. The van der Waals surface area contributed by atoms with Crippen LogP contribution < -0.4 is 10.5 Å². The minimum atomic E-state index is -5.07. The van der Waals surface area contributed by atoms with E-state index in [1.165, 1.54) is 12.1 Å². The van der Waals surface area contributed by atoms with Gasteiger partial charge in [-0.3, -0.25) is 4.79 Å². The second-order valence-electron chi connectivity index (χ2n) is 5.67. The van der Waals surface area contributed by atoms with E-state index in [4.69, 9.17) is 5.14 Å². The van der Waals surface area contributed by atoms with Gasteiger partial charge in [-0.1, -0.05) is 12.1 Å². The predicted octanol–water partition coefficient (Wildman–Crippen LogP) is 3.30. The molecule has 0 saturated heterocycles. The minimum absolute atomic E-state index is 0.0806. The van der Waals surface area contributed by atoms with Crippen molar-refractivity contribution in [2.24, 2.45) is 5.14 Å². The number of carbonyl (C=O) groups is 1. The lowest BCUT2D eigenvalue weighted by molar-refractivity contribution is -0.143. The fourth-order valence-corrected chi connectivity index (χ4v) is 2.68. The van der Waals surface area contributed by atoms with Crippen LogP contribution >= 0.6 is 0 Å². The van der Waals surface area contributed by atoms with Crippen molar-refractivity contribution in [2.75, 3.05) is 0 Å². The summed E-state index contributed by atoms with van der Waals surface area (Å²) in [4.78, 5) is 11.8. The van der Waals surface area contributed by atoms with E-state index in [1.807, 2.05) is 0 Å². The van der Waals surface area contributed by atoms with Crippen LogP contribution in [0.3, 0.4) is 0 Å². The third-order valence-corrected chi connectivity index (χ3v) is 4.48. The van der Waals surface area contributed by atoms with Crippen LogP contribution in [0.4, 0.5) is 26.3 Å². The Morgan fingerprint density at radius 1 is 0.893 bits per heavy atom. The Morgan fingerprint density at radius 2 is 1.36 bits per heavy atom. The van der Waals surface area contributed by atoms with E-state index in [-0.39, 0.29) is 17.5 Å². The Balaban J connectivity index is 2.24. The largest absolute Gasteiger partial charge is 0.416 e. The molecule has 2 aromatic carbocycles. The molecule has 0 bridgehead atoms. The molecule has 0 unspecified atom stereocenters. The molecule has 0 aliphatic rings. The fourth-order valence-electron chi connectivity index (χ4n) is 2.17. The molecular formula is C16H12F6N2O3S. The third-order valence-electron chi connectivity index (χ3n) is 3.55. The first-order valence-electron chi connectivity index (χ1n) is 7.37. The molecule has 0 aliphatic heterocycles. The quantitative estimate of drug-likeness (QED) is 0.736. The van der Waals surface area contributed by atoms with Gasteiger partial charge in [-0.25, -0.2) is 13.6 Å². The number of sulfonamides is 1. The Kier molecular flexibility index (Phi) is 5.76. The smallest absolute Gasteiger partial charge is 0.348 e. The first-order valence-corrected chi connectivity index (χ1v) is 8.92. The van der Waals surface area contributed by atoms with Crippen LogP contribution in [-0.4, -0.2) is 14.3 Å².